The average Bonchev–Trinajstić information content (AvgIpc) is 3.19. The Bertz CT molecular complexity index is 992. The number of carbonyl (C=O) groups is 1. The van der Waals surface area contributed by atoms with Gasteiger partial charge in [-0.1, -0.05) is 15.9 Å². The first-order chi connectivity index (χ1) is 12.3. The quantitative estimate of drug-likeness (QED) is 0.628. The highest BCUT2D eigenvalue weighted by Crippen LogP contribution is 2.30. The van der Waals surface area contributed by atoms with Gasteiger partial charge < -0.3 is 14.6 Å². The number of hydrogen-bond acceptors (Lipinski definition) is 4. The molecule has 26 heavy (non-hydrogen) atoms. The highest BCUT2D eigenvalue weighted by molar-refractivity contribution is 9.10. The Labute approximate surface area is 160 Å². The van der Waals surface area contributed by atoms with E-state index in [0.717, 1.165) is 38.7 Å². The molecule has 1 N–H and O–H groups in total. The first kappa shape index (κ1) is 17.3. The molecular formula is C19H21BrN4O2. The van der Waals surface area contributed by atoms with Crippen LogP contribution < -0.4 is 0 Å². The van der Waals surface area contributed by atoms with Crippen LogP contribution in [0.4, 0.5) is 4.79 Å². The predicted octanol–water partition coefficient (Wildman–Crippen LogP) is 4.60. The van der Waals surface area contributed by atoms with Crippen LogP contribution in [0.3, 0.4) is 0 Å². The van der Waals surface area contributed by atoms with Gasteiger partial charge in [0, 0.05) is 28.9 Å². The molecule has 0 spiro atoms. The van der Waals surface area contributed by atoms with Crippen molar-refractivity contribution in [2.45, 2.75) is 38.7 Å². The van der Waals surface area contributed by atoms with Crippen molar-refractivity contribution in [3.8, 4) is 0 Å². The van der Waals surface area contributed by atoms with Crippen LogP contribution in [0.25, 0.3) is 21.9 Å². The number of benzene rings is 1. The lowest BCUT2D eigenvalue weighted by Crippen LogP contribution is -2.35. The maximum absolute atomic E-state index is 12.3. The summed E-state index contributed by atoms with van der Waals surface area (Å²) in [4.78, 5) is 26.7. The van der Waals surface area contributed by atoms with Crippen LogP contribution in [0.5, 0.6) is 0 Å². The highest BCUT2D eigenvalue weighted by atomic mass is 79.9. The molecule has 4 rings (SSSR count). The smallest absolute Gasteiger partial charge is 0.410 e. The number of ether oxygens (including phenoxy) is 1. The van der Waals surface area contributed by atoms with E-state index >= 15 is 0 Å². The van der Waals surface area contributed by atoms with Crippen LogP contribution >= 0.6 is 15.9 Å². The van der Waals surface area contributed by atoms with E-state index in [1.807, 2.05) is 39.0 Å². The SMILES string of the molecule is CC(C)(C)OC(=O)N1CCC(c2nc3cnc4cc(Br)ccc4c3[nH]2)C1. The maximum Gasteiger partial charge on any atom is 0.410 e. The molecule has 1 amide bonds. The molecule has 1 atom stereocenters. The summed E-state index contributed by atoms with van der Waals surface area (Å²) in [5, 5.41) is 1.05. The zero-order valence-corrected chi connectivity index (χ0v) is 16.6. The van der Waals surface area contributed by atoms with Gasteiger partial charge in [0.1, 0.15) is 16.9 Å². The number of nitrogens with zero attached hydrogens (tertiary/aromatic N) is 3. The molecule has 1 saturated heterocycles. The number of aromatic nitrogens is 3. The van der Waals surface area contributed by atoms with Crippen LogP contribution in [-0.2, 0) is 4.74 Å². The second kappa shape index (κ2) is 6.23. The Morgan fingerprint density at radius 1 is 1.35 bits per heavy atom. The third kappa shape index (κ3) is 3.28. The molecular weight excluding hydrogens is 396 g/mol. The minimum atomic E-state index is -0.479. The third-order valence-electron chi connectivity index (χ3n) is 4.53. The number of imidazole rings is 1. The molecule has 3 aromatic rings. The molecule has 0 saturated carbocycles. The van der Waals surface area contributed by atoms with E-state index in [4.69, 9.17) is 9.72 Å². The van der Waals surface area contributed by atoms with Gasteiger partial charge in [-0.15, -0.1) is 0 Å². The Morgan fingerprint density at radius 2 is 2.15 bits per heavy atom. The number of fused-ring (bicyclic) bond motifs is 3. The number of rotatable bonds is 1. The van der Waals surface area contributed by atoms with Crippen molar-refractivity contribution in [1.82, 2.24) is 19.9 Å². The fourth-order valence-electron chi connectivity index (χ4n) is 3.33. The minimum Gasteiger partial charge on any atom is -0.444 e. The molecule has 1 fully saturated rings. The van der Waals surface area contributed by atoms with Gasteiger partial charge in [-0.05, 0) is 45.4 Å². The zero-order chi connectivity index (χ0) is 18.5. The largest absolute Gasteiger partial charge is 0.444 e. The monoisotopic (exact) mass is 416 g/mol. The van der Waals surface area contributed by atoms with Crippen molar-refractivity contribution in [1.29, 1.82) is 0 Å². The van der Waals surface area contributed by atoms with Gasteiger partial charge in [0.15, 0.2) is 0 Å². The number of H-pyrrole nitrogens is 1. The molecule has 2 aromatic heterocycles. The summed E-state index contributed by atoms with van der Waals surface area (Å²) < 4.78 is 6.48. The number of halogens is 1. The molecule has 3 heterocycles. The van der Waals surface area contributed by atoms with Crippen molar-refractivity contribution < 1.29 is 9.53 Å². The topological polar surface area (TPSA) is 71.1 Å². The molecule has 1 aliphatic heterocycles. The normalized spacial score (nSPS) is 18.0. The van der Waals surface area contributed by atoms with Gasteiger partial charge in [-0.3, -0.25) is 4.98 Å². The predicted molar refractivity (Wildman–Crippen MR) is 104 cm³/mol. The Balaban J connectivity index is 1.60. The maximum atomic E-state index is 12.3. The van der Waals surface area contributed by atoms with Crippen LogP contribution in [0.15, 0.2) is 28.9 Å². The fraction of sp³-hybridized carbons (Fsp3) is 0.421. The number of aromatic amines is 1. The van der Waals surface area contributed by atoms with E-state index in [0.29, 0.717) is 13.1 Å². The van der Waals surface area contributed by atoms with Crippen molar-refractivity contribution in [2.75, 3.05) is 13.1 Å². The number of hydrogen-bond donors (Lipinski definition) is 1. The molecule has 6 nitrogen and oxygen atoms in total. The molecule has 1 aliphatic rings. The second-order valence-electron chi connectivity index (χ2n) is 7.71. The van der Waals surface area contributed by atoms with E-state index in [2.05, 4.69) is 25.9 Å². The second-order valence-corrected chi connectivity index (χ2v) is 8.63. The van der Waals surface area contributed by atoms with E-state index in [1.165, 1.54) is 0 Å². The van der Waals surface area contributed by atoms with Crippen molar-refractivity contribution in [3.63, 3.8) is 0 Å². The van der Waals surface area contributed by atoms with Crippen LogP contribution in [-0.4, -0.2) is 44.6 Å². The van der Waals surface area contributed by atoms with Gasteiger partial charge in [-0.25, -0.2) is 9.78 Å². The molecule has 0 radical (unpaired) electrons. The summed E-state index contributed by atoms with van der Waals surface area (Å²) in [5.41, 5.74) is 2.29. The zero-order valence-electron chi connectivity index (χ0n) is 15.0. The number of amides is 1. The lowest BCUT2D eigenvalue weighted by Gasteiger charge is -2.24. The minimum absolute atomic E-state index is 0.181. The molecule has 7 heteroatoms. The molecule has 0 bridgehead atoms. The number of carbonyl (C=O) groups excluding carboxylic acids is 1. The van der Waals surface area contributed by atoms with Gasteiger partial charge in [0.2, 0.25) is 0 Å². The van der Waals surface area contributed by atoms with Crippen molar-refractivity contribution in [2.24, 2.45) is 0 Å². The molecule has 1 unspecified atom stereocenters. The summed E-state index contributed by atoms with van der Waals surface area (Å²) in [6.45, 7) is 6.95. The first-order valence-electron chi connectivity index (χ1n) is 8.72. The summed E-state index contributed by atoms with van der Waals surface area (Å²) in [6, 6.07) is 6.04. The van der Waals surface area contributed by atoms with E-state index in [-0.39, 0.29) is 12.0 Å². The first-order valence-corrected chi connectivity index (χ1v) is 9.51. The Morgan fingerprint density at radius 3 is 2.92 bits per heavy atom. The summed E-state index contributed by atoms with van der Waals surface area (Å²) in [7, 11) is 0. The fourth-order valence-corrected chi connectivity index (χ4v) is 3.68. The molecule has 136 valence electrons. The van der Waals surface area contributed by atoms with Gasteiger partial charge in [0.05, 0.1) is 17.2 Å². The van der Waals surface area contributed by atoms with Gasteiger partial charge >= 0.3 is 6.09 Å². The van der Waals surface area contributed by atoms with Crippen molar-refractivity contribution in [3.05, 3.63) is 34.7 Å². The van der Waals surface area contributed by atoms with E-state index in [9.17, 15) is 4.79 Å². The number of likely N-dealkylation sites (tertiary alicyclic amines) is 1. The Hall–Kier alpha value is -2.15. The van der Waals surface area contributed by atoms with E-state index in [1.54, 1.807) is 11.1 Å². The van der Waals surface area contributed by atoms with Crippen LogP contribution in [0.1, 0.15) is 38.9 Å². The number of pyridine rings is 1. The molecule has 0 aliphatic carbocycles. The summed E-state index contributed by atoms with van der Waals surface area (Å²) in [5.74, 6) is 1.09. The standard InChI is InChI=1S/C19H21BrN4O2/c1-19(2,3)26-18(25)24-7-6-11(10-24)17-22-15-9-21-14-8-12(20)4-5-13(14)16(15)23-17/h4-5,8-9,11H,6-7,10H2,1-3H3,(H,22,23). The van der Waals surface area contributed by atoms with Crippen molar-refractivity contribution >= 4 is 44.0 Å². The van der Waals surface area contributed by atoms with Gasteiger partial charge in [0.25, 0.3) is 0 Å². The Kier molecular flexibility index (Phi) is 4.14. The summed E-state index contributed by atoms with van der Waals surface area (Å²) in [6.07, 6.45) is 2.41. The van der Waals surface area contributed by atoms with Gasteiger partial charge in [-0.2, -0.15) is 0 Å². The average molecular weight is 417 g/mol. The van der Waals surface area contributed by atoms with Crippen LogP contribution in [0, 0.1) is 0 Å². The number of nitrogens with one attached hydrogen (secondary N) is 1. The third-order valence-corrected chi connectivity index (χ3v) is 5.03. The lowest BCUT2D eigenvalue weighted by molar-refractivity contribution is 0.0292. The van der Waals surface area contributed by atoms with E-state index < -0.39 is 5.60 Å². The summed E-state index contributed by atoms with van der Waals surface area (Å²) >= 11 is 3.48. The van der Waals surface area contributed by atoms with Crippen LogP contribution in [0.2, 0.25) is 0 Å². The molecule has 1 aromatic carbocycles. The lowest BCUT2D eigenvalue weighted by atomic mass is 10.1. The highest BCUT2D eigenvalue weighted by Gasteiger charge is 2.32.